The molecule has 31 heavy (non-hydrogen) atoms. The molecule has 1 fully saturated rings. The first-order valence-electron chi connectivity index (χ1n) is 10.6. The summed E-state index contributed by atoms with van der Waals surface area (Å²) >= 11 is 0. The minimum Gasteiger partial charge on any atom is -0.419 e. The Morgan fingerprint density at radius 2 is 1.77 bits per heavy atom. The third-order valence-electron chi connectivity index (χ3n) is 5.85. The van der Waals surface area contributed by atoms with Crippen molar-refractivity contribution in [1.82, 2.24) is 24.9 Å². The van der Waals surface area contributed by atoms with Crippen LogP contribution >= 0.6 is 0 Å². The van der Waals surface area contributed by atoms with Crippen LogP contribution in [-0.4, -0.2) is 58.1 Å². The lowest BCUT2D eigenvalue weighted by Gasteiger charge is -2.21. The van der Waals surface area contributed by atoms with Gasteiger partial charge in [0.25, 0.3) is 0 Å². The highest BCUT2D eigenvalue weighted by Crippen LogP contribution is 2.26. The van der Waals surface area contributed by atoms with E-state index in [0.717, 1.165) is 29.9 Å². The van der Waals surface area contributed by atoms with E-state index in [0.29, 0.717) is 24.4 Å². The van der Waals surface area contributed by atoms with E-state index in [4.69, 9.17) is 4.42 Å². The summed E-state index contributed by atoms with van der Waals surface area (Å²) in [7, 11) is 4.30. The molecule has 7 nitrogen and oxygen atoms in total. The van der Waals surface area contributed by atoms with E-state index in [1.807, 2.05) is 47.3 Å². The van der Waals surface area contributed by atoms with E-state index >= 15 is 0 Å². The molecule has 0 bridgehead atoms. The van der Waals surface area contributed by atoms with Crippen LogP contribution in [0.2, 0.25) is 0 Å². The molecule has 2 aromatic carbocycles. The molecular formula is C24H26N6O. The summed E-state index contributed by atoms with van der Waals surface area (Å²) in [5, 5.41) is 13.0. The maximum absolute atomic E-state index is 5.90. The smallest absolute Gasteiger partial charge is 0.247 e. The predicted octanol–water partition coefficient (Wildman–Crippen LogP) is 3.79. The van der Waals surface area contributed by atoms with E-state index in [-0.39, 0.29) is 0 Å². The van der Waals surface area contributed by atoms with Gasteiger partial charge in [-0.1, -0.05) is 30.3 Å². The number of hydrogen-bond donors (Lipinski definition) is 0. The third-order valence-corrected chi connectivity index (χ3v) is 5.85. The monoisotopic (exact) mass is 414 g/mol. The molecule has 0 spiro atoms. The molecule has 0 amide bonds. The Kier molecular flexibility index (Phi) is 5.26. The lowest BCUT2D eigenvalue weighted by atomic mass is 10.2. The van der Waals surface area contributed by atoms with Gasteiger partial charge in [-0.2, -0.15) is 5.10 Å². The van der Waals surface area contributed by atoms with E-state index in [2.05, 4.69) is 63.5 Å². The van der Waals surface area contributed by atoms with Crippen LogP contribution in [0, 0.1) is 0 Å². The summed E-state index contributed by atoms with van der Waals surface area (Å²) in [5.41, 5.74) is 4.17. The number of rotatable bonds is 6. The van der Waals surface area contributed by atoms with Crippen molar-refractivity contribution in [3.8, 4) is 22.7 Å². The molecule has 0 N–H and O–H groups in total. The van der Waals surface area contributed by atoms with Crippen molar-refractivity contribution in [2.45, 2.75) is 19.0 Å². The minimum atomic E-state index is 0.442. The first kappa shape index (κ1) is 19.5. The van der Waals surface area contributed by atoms with Crippen molar-refractivity contribution in [3.63, 3.8) is 0 Å². The second-order valence-corrected chi connectivity index (χ2v) is 8.16. The van der Waals surface area contributed by atoms with Crippen LogP contribution in [0.4, 0.5) is 5.69 Å². The predicted molar refractivity (Wildman–Crippen MR) is 121 cm³/mol. The van der Waals surface area contributed by atoms with E-state index in [1.54, 1.807) is 0 Å². The van der Waals surface area contributed by atoms with Crippen molar-refractivity contribution in [1.29, 1.82) is 0 Å². The van der Waals surface area contributed by atoms with E-state index < -0.39 is 0 Å². The molecule has 5 rings (SSSR count). The van der Waals surface area contributed by atoms with Crippen LogP contribution in [0.3, 0.4) is 0 Å². The molecule has 158 valence electrons. The molecule has 0 radical (unpaired) electrons. The summed E-state index contributed by atoms with van der Waals surface area (Å²) in [6.45, 7) is 2.59. The highest BCUT2D eigenvalue weighted by molar-refractivity contribution is 5.60. The first-order chi connectivity index (χ1) is 15.2. The fraction of sp³-hybridized carbons (Fsp3) is 0.292. The quantitative estimate of drug-likeness (QED) is 0.478. The molecule has 1 unspecified atom stereocenters. The molecule has 0 aliphatic carbocycles. The van der Waals surface area contributed by atoms with Gasteiger partial charge < -0.3 is 14.2 Å². The summed E-state index contributed by atoms with van der Waals surface area (Å²) in [6.07, 6.45) is 3.12. The Balaban J connectivity index is 1.25. The Morgan fingerprint density at radius 1 is 0.968 bits per heavy atom. The Labute approximate surface area is 181 Å². The number of aromatic nitrogens is 4. The van der Waals surface area contributed by atoms with Crippen LogP contribution in [-0.2, 0) is 6.54 Å². The average molecular weight is 415 g/mol. The van der Waals surface area contributed by atoms with Crippen molar-refractivity contribution in [2.24, 2.45) is 0 Å². The van der Waals surface area contributed by atoms with Gasteiger partial charge in [-0.15, -0.1) is 10.2 Å². The lowest BCUT2D eigenvalue weighted by Crippen LogP contribution is -2.31. The van der Waals surface area contributed by atoms with Crippen LogP contribution in [0.1, 0.15) is 12.3 Å². The molecule has 3 heterocycles. The molecule has 1 atom stereocenters. The van der Waals surface area contributed by atoms with Gasteiger partial charge in [0.1, 0.15) is 6.54 Å². The fourth-order valence-electron chi connectivity index (χ4n) is 4.00. The number of benzene rings is 2. The third kappa shape index (κ3) is 4.22. The second-order valence-electron chi connectivity index (χ2n) is 8.16. The molecule has 7 heteroatoms. The van der Waals surface area contributed by atoms with E-state index in [9.17, 15) is 0 Å². The van der Waals surface area contributed by atoms with Gasteiger partial charge in [0.2, 0.25) is 11.8 Å². The minimum absolute atomic E-state index is 0.442. The van der Waals surface area contributed by atoms with Gasteiger partial charge in [-0.3, -0.25) is 4.68 Å². The highest BCUT2D eigenvalue weighted by Gasteiger charge is 2.24. The topological polar surface area (TPSA) is 63.2 Å². The highest BCUT2D eigenvalue weighted by atomic mass is 16.4. The van der Waals surface area contributed by atoms with Crippen LogP contribution < -0.4 is 4.90 Å². The van der Waals surface area contributed by atoms with Crippen LogP contribution in [0.15, 0.2) is 71.3 Å². The summed E-state index contributed by atoms with van der Waals surface area (Å²) in [5.74, 6) is 1.07. The number of likely N-dealkylation sites (N-methyl/N-ethyl adjacent to an activating group) is 1. The van der Waals surface area contributed by atoms with Gasteiger partial charge in [0, 0.05) is 42.1 Å². The van der Waals surface area contributed by atoms with Crippen molar-refractivity contribution < 1.29 is 4.42 Å². The molecule has 0 saturated carbocycles. The zero-order valence-corrected chi connectivity index (χ0v) is 17.8. The Bertz CT molecular complexity index is 1130. The van der Waals surface area contributed by atoms with Gasteiger partial charge in [0.15, 0.2) is 0 Å². The largest absolute Gasteiger partial charge is 0.419 e. The number of anilines is 1. The fourth-order valence-corrected chi connectivity index (χ4v) is 4.00. The van der Waals surface area contributed by atoms with Gasteiger partial charge in [-0.25, -0.2) is 0 Å². The van der Waals surface area contributed by atoms with Gasteiger partial charge in [0.05, 0.1) is 5.69 Å². The molecule has 2 aromatic heterocycles. The molecule has 1 aliphatic rings. The first-order valence-corrected chi connectivity index (χ1v) is 10.6. The average Bonchev–Trinajstić information content (AvgIpc) is 3.56. The van der Waals surface area contributed by atoms with Gasteiger partial charge >= 0.3 is 0 Å². The SMILES string of the molecule is CN(C)C1CCN(c2ccc(-c3nnc(Cn4ccc(-c5ccccc5)n4)o3)cc2)C1. The Hall–Kier alpha value is -3.45. The molecule has 4 aromatic rings. The summed E-state index contributed by atoms with van der Waals surface area (Å²) < 4.78 is 7.72. The number of hydrogen-bond acceptors (Lipinski definition) is 6. The lowest BCUT2D eigenvalue weighted by molar-refractivity contribution is 0.315. The normalized spacial score (nSPS) is 16.4. The molecule has 1 saturated heterocycles. The molecular weight excluding hydrogens is 388 g/mol. The van der Waals surface area contributed by atoms with Crippen LogP contribution in [0.5, 0.6) is 0 Å². The second kappa shape index (κ2) is 8.35. The van der Waals surface area contributed by atoms with E-state index in [1.165, 1.54) is 12.1 Å². The zero-order chi connectivity index (χ0) is 21.2. The molecule has 1 aliphatic heterocycles. The van der Waals surface area contributed by atoms with Gasteiger partial charge in [-0.05, 0) is 50.8 Å². The zero-order valence-electron chi connectivity index (χ0n) is 17.8. The van der Waals surface area contributed by atoms with Crippen LogP contribution in [0.25, 0.3) is 22.7 Å². The summed E-state index contributed by atoms with van der Waals surface area (Å²) in [6, 6.07) is 21.1. The van der Waals surface area contributed by atoms with Crippen molar-refractivity contribution in [3.05, 3.63) is 72.8 Å². The standard InChI is InChI=1S/C24H26N6O/c1-28(2)21-12-14-29(16-21)20-10-8-19(9-11-20)24-26-25-23(31-24)17-30-15-13-22(27-30)18-6-4-3-5-7-18/h3-11,13,15,21H,12,14,16-17H2,1-2H3. The summed E-state index contributed by atoms with van der Waals surface area (Å²) in [4.78, 5) is 4.73. The maximum Gasteiger partial charge on any atom is 0.247 e. The van der Waals surface area contributed by atoms with Crippen molar-refractivity contribution >= 4 is 5.69 Å². The Morgan fingerprint density at radius 3 is 2.52 bits per heavy atom. The number of nitrogens with zero attached hydrogens (tertiary/aromatic N) is 6. The maximum atomic E-state index is 5.90. The van der Waals surface area contributed by atoms with Crippen molar-refractivity contribution in [2.75, 3.05) is 32.1 Å².